The number of nitrogens with two attached hydrogens (primary N) is 1. The number of hydrogen-bond acceptors (Lipinski definition) is 4. The number of aromatic nitrogens is 3. The first-order valence-corrected chi connectivity index (χ1v) is 4.64. The molecule has 0 atom stereocenters. The van der Waals surface area contributed by atoms with E-state index in [1.807, 2.05) is 0 Å². The molecule has 15 heavy (non-hydrogen) atoms. The molecule has 80 valence electrons. The minimum atomic E-state index is -0.461. The lowest BCUT2D eigenvalue weighted by molar-refractivity contribution is 0.526. The summed E-state index contributed by atoms with van der Waals surface area (Å²) in [7, 11) is 0. The fraction of sp³-hybridized carbons (Fsp3) is 0.333. The van der Waals surface area contributed by atoms with E-state index < -0.39 is 5.76 Å². The smallest absolute Gasteiger partial charge is 0.406 e. The van der Waals surface area contributed by atoms with Crippen molar-refractivity contribution in [3.05, 3.63) is 28.3 Å². The molecule has 2 heterocycles. The Kier molecular flexibility index (Phi) is 2.42. The van der Waals surface area contributed by atoms with E-state index in [4.69, 9.17) is 10.2 Å². The molecule has 2 aromatic heterocycles. The van der Waals surface area contributed by atoms with Crippen LogP contribution in [-0.2, 0) is 6.42 Å². The van der Waals surface area contributed by atoms with Crippen molar-refractivity contribution in [1.82, 2.24) is 15.0 Å². The Morgan fingerprint density at radius 2 is 2.33 bits per heavy atom. The van der Waals surface area contributed by atoms with Crippen molar-refractivity contribution in [3.8, 4) is 11.5 Å². The van der Waals surface area contributed by atoms with Crippen molar-refractivity contribution >= 4 is 0 Å². The highest BCUT2D eigenvalue weighted by molar-refractivity contribution is 5.53. The van der Waals surface area contributed by atoms with Crippen molar-refractivity contribution in [2.45, 2.75) is 13.3 Å². The zero-order valence-electron chi connectivity index (χ0n) is 8.33. The van der Waals surface area contributed by atoms with Gasteiger partial charge in [0.25, 0.3) is 0 Å². The van der Waals surface area contributed by atoms with Crippen LogP contribution in [-0.4, -0.2) is 21.5 Å². The third kappa shape index (κ3) is 1.84. The van der Waals surface area contributed by atoms with Crippen LogP contribution in [0.1, 0.15) is 11.5 Å². The van der Waals surface area contributed by atoms with Crippen LogP contribution in [0.15, 0.2) is 15.4 Å². The third-order valence-electron chi connectivity index (χ3n) is 2.08. The highest BCUT2D eigenvalue weighted by Crippen LogP contribution is 2.18. The molecule has 0 saturated carbocycles. The third-order valence-corrected chi connectivity index (χ3v) is 2.08. The van der Waals surface area contributed by atoms with E-state index in [2.05, 4.69) is 15.0 Å². The van der Waals surface area contributed by atoms with Crippen LogP contribution in [0.3, 0.4) is 0 Å². The van der Waals surface area contributed by atoms with Crippen LogP contribution >= 0.6 is 0 Å². The maximum Gasteiger partial charge on any atom is 0.417 e. The van der Waals surface area contributed by atoms with Gasteiger partial charge < -0.3 is 15.1 Å². The Hall–Kier alpha value is -1.82. The maximum atomic E-state index is 10.9. The molecule has 0 aromatic carbocycles. The van der Waals surface area contributed by atoms with Gasteiger partial charge in [0.15, 0.2) is 5.76 Å². The number of oxazole rings is 1. The molecule has 0 fully saturated rings. The van der Waals surface area contributed by atoms with Gasteiger partial charge in [-0.25, -0.2) is 9.78 Å². The van der Waals surface area contributed by atoms with Gasteiger partial charge in [-0.1, -0.05) is 0 Å². The number of H-pyrrole nitrogens is 2. The monoisotopic (exact) mass is 208 g/mol. The average molecular weight is 208 g/mol. The van der Waals surface area contributed by atoms with Gasteiger partial charge in [-0.3, -0.25) is 4.98 Å². The SMILES string of the molecule is Cc1[nH]c(=O)oc1-c1cnc(CCN)[nH]1. The summed E-state index contributed by atoms with van der Waals surface area (Å²) in [6.07, 6.45) is 2.30. The molecule has 2 rings (SSSR count). The number of aromatic amines is 2. The largest absolute Gasteiger partial charge is 0.417 e. The summed E-state index contributed by atoms with van der Waals surface area (Å²) < 4.78 is 4.98. The maximum absolute atomic E-state index is 10.9. The second kappa shape index (κ2) is 3.74. The van der Waals surface area contributed by atoms with E-state index in [0.29, 0.717) is 30.1 Å². The summed E-state index contributed by atoms with van der Waals surface area (Å²) in [5.41, 5.74) is 6.78. The van der Waals surface area contributed by atoms with Crippen LogP contribution in [0.4, 0.5) is 0 Å². The van der Waals surface area contributed by atoms with Gasteiger partial charge in [0.05, 0.1) is 11.9 Å². The average Bonchev–Trinajstić information content (AvgIpc) is 2.73. The van der Waals surface area contributed by atoms with E-state index in [-0.39, 0.29) is 0 Å². The molecule has 6 nitrogen and oxygen atoms in total. The lowest BCUT2D eigenvalue weighted by Crippen LogP contribution is -2.03. The van der Waals surface area contributed by atoms with Crippen LogP contribution in [0, 0.1) is 6.92 Å². The summed E-state index contributed by atoms with van der Waals surface area (Å²) in [5, 5.41) is 0. The summed E-state index contributed by atoms with van der Waals surface area (Å²) >= 11 is 0. The van der Waals surface area contributed by atoms with Gasteiger partial charge in [-0.05, 0) is 13.5 Å². The van der Waals surface area contributed by atoms with Crippen LogP contribution in [0.25, 0.3) is 11.5 Å². The zero-order valence-corrected chi connectivity index (χ0v) is 8.33. The fourth-order valence-corrected chi connectivity index (χ4v) is 1.40. The molecule has 0 saturated heterocycles. The minimum Gasteiger partial charge on any atom is -0.406 e. The van der Waals surface area contributed by atoms with E-state index in [1.165, 1.54) is 0 Å². The number of nitrogens with one attached hydrogen (secondary N) is 2. The summed E-state index contributed by atoms with van der Waals surface area (Å²) in [5.74, 6) is 0.823. The topological polar surface area (TPSA) is 101 Å². The van der Waals surface area contributed by atoms with Crippen LogP contribution < -0.4 is 11.5 Å². The predicted octanol–water partition coefficient (Wildman–Crippen LogP) is 0.168. The van der Waals surface area contributed by atoms with Gasteiger partial charge in [0.2, 0.25) is 0 Å². The first kappa shape index (κ1) is 9.72. The number of imidazole rings is 1. The van der Waals surface area contributed by atoms with Crippen molar-refractivity contribution < 1.29 is 4.42 Å². The molecule has 0 aliphatic carbocycles. The molecule has 6 heteroatoms. The van der Waals surface area contributed by atoms with Crippen LogP contribution in [0.2, 0.25) is 0 Å². The van der Waals surface area contributed by atoms with Gasteiger partial charge in [0.1, 0.15) is 11.5 Å². The lowest BCUT2D eigenvalue weighted by atomic mass is 10.3. The van der Waals surface area contributed by atoms with Crippen molar-refractivity contribution in [2.24, 2.45) is 5.73 Å². The van der Waals surface area contributed by atoms with Gasteiger partial charge in [0, 0.05) is 6.42 Å². The fourth-order valence-electron chi connectivity index (χ4n) is 1.40. The zero-order chi connectivity index (χ0) is 10.8. The molecule has 0 bridgehead atoms. The molecule has 0 aliphatic rings. The molecular weight excluding hydrogens is 196 g/mol. The number of nitrogens with zero attached hydrogens (tertiary/aromatic N) is 1. The second-order valence-electron chi connectivity index (χ2n) is 3.25. The van der Waals surface area contributed by atoms with Gasteiger partial charge >= 0.3 is 5.76 Å². The summed E-state index contributed by atoms with van der Waals surface area (Å²) in [6.45, 7) is 2.30. The van der Waals surface area contributed by atoms with E-state index >= 15 is 0 Å². The van der Waals surface area contributed by atoms with Gasteiger partial charge in [-0.15, -0.1) is 0 Å². The predicted molar refractivity (Wildman–Crippen MR) is 54.4 cm³/mol. The van der Waals surface area contributed by atoms with E-state index in [0.717, 1.165) is 5.82 Å². The Morgan fingerprint density at radius 3 is 2.93 bits per heavy atom. The van der Waals surface area contributed by atoms with E-state index in [1.54, 1.807) is 13.1 Å². The summed E-state index contributed by atoms with van der Waals surface area (Å²) in [6, 6.07) is 0. The first-order chi connectivity index (χ1) is 7.20. The quantitative estimate of drug-likeness (QED) is 0.669. The van der Waals surface area contributed by atoms with Crippen molar-refractivity contribution in [2.75, 3.05) is 6.54 Å². The molecule has 0 radical (unpaired) electrons. The number of hydrogen-bond donors (Lipinski definition) is 3. The molecule has 0 unspecified atom stereocenters. The molecular formula is C9H12N4O2. The minimum absolute atomic E-state index is 0.461. The van der Waals surface area contributed by atoms with Gasteiger partial charge in [-0.2, -0.15) is 0 Å². The Morgan fingerprint density at radius 1 is 1.53 bits per heavy atom. The second-order valence-corrected chi connectivity index (χ2v) is 3.25. The molecule has 0 spiro atoms. The molecule has 4 N–H and O–H groups in total. The Balaban J connectivity index is 2.36. The first-order valence-electron chi connectivity index (χ1n) is 4.64. The summed E-state index contributed by atoms with van der Waals surface area (Å²) in [4.78, 5) is 20.7. The van der Waals surface area contributed by atoms with E-state index in [9.17, 15) is 4.79 Å². The van der Waals surface area contributed by atoms with Crippen molar-refractivity contribution in [3.63, 3.8) is 0 Å². The molecule has 0 aliphatic heterocycles. The molecule has 2 aromatic rings. The standard InChI is InChI=1S/C9H12N4O2/c1-5-8(15-9(14)12-5)6-4-11-7(13-6)2-3-10/h4H,2-3,10H2,1H3,(H,11,13)(H,12,14). The molecule has 0 amide bonds. The highest BCUT2D eigenvalue weighted by Gasteiger charge is 2.10. The van der Waals surface area contributed by atoms with Crippen LogP contribution in [0.5, 0.6) is 0 Å². The highest BCUT2D eigenvalue weighted by atomic mass is 16.4. The van der Waals surface area contributed by atoms with Crippen molar-refractivity contribution in [1.29, 1.82) is 0 Å². The lowest BCUT2D eigenvalue weighted by Gasteiger charge is -1.92. The number of rotatable bonds is 3. The normalized spacial score (nSPS) is 10.8. The Labute approximate surface area is 85.5 Å². The number of aryl methyl sites for hydroxylation is 1. The Bertz CT molecular complexity index is 508.